The maximum absolute atomic E-state index is 11.0. The summed E-state index contributed by atoms with van der Waals surface area (Å²) in [7, 11) is -2.34. The van der Waals surface area contributed by atoms with E-state index in [2.05, 4.69) is 39.2 Å². The van der Waals surface area contributed by atoms with E-state index in [1.165, 1.54) is 11.9 Å². The van der Waals surface area contributed by atoms with E-state index >= 15 is 0 Å². The predicted molar refractivity (Wildman–Crippen MR) is 102 cm³/mol. The van der Waals surface area contributed by atoms with Gasteiger partial charge in [-0.25, -0.2) is 15.0 Å². The highest BCUT2D eigenvalue weighted by Crippen LogP contribution is 2.38. The van der Waals surface area contributed by atoms with Crippen LogP contribution < -0.4 is 5.73 Å². The Hall–Kier alpha value is -2.24. The van der Waals surface area contributed by atoms with Crippen molar-refractivity contribution < 1.29 is 9.46 Å². The van der Waals surface area contributed by atoms with Crippen molar-refractivity contribution in [1.82, 2.24) is 19.5 Å². The summed E-state index contributed by atoms with van der Waals surface area (Å²) in [6.45, 7) is 0. The molecule has 26 heavy (non-hydrogen) atoms. The predicted octanol–water partition coefficient (Wildman–Crippen LogP) is 3.14. The number of imidazole rings is 1. The second-order valence-corrected chi connectivity index (χ2v) is 8.15. The number of benzene rings is 1. The van der Waals surface area contributed by atoms with Gasteiger partial charge in [0.25, 0.3) is 0 Å². The lowest BCUT2D eigenvalue weighted by Crippen LogP contribution is -2.15. The number of anilines is 1. The molecule has 1 aromatic carbocycles. The van der Waals surface area contributed by atoms with Gasteiger partial charge in [-0.15, -0.1) is 0 Å². The fourth-order valence-corrected chi connectivity index (χ4v) is 4.80. The van der Waals surface area contributed by atoms with Gasteiger partial charge in [0.1, 0.15) is 12.7 Å². The van der Waals surface area contributed by atoms with Gasteiger partial charge in [-0.1, -0.05) is 12.1 Å². The molecule has 8 heteroatoms. The molecule has 4 rings (SSSR count). The molecule has 1 aliphatic rings. The molecular weight excluding hydrogens is 349 g/mol. The van der Waals surface area contributed by atoms with Gasteiger partial charge >= 0.3 is 0 Å². The first kappa shape index (κ1) is 17.2. The summed E-state index contributed by atoms with van der Waals surface area (Å²) >= 11 is 0. The number of hydrogen-bond donors (Lipinski definition) is 2. The maximum Gasteiger partial charge on any atom is 0.189 e. The molecule has 3 N–H and O–H groups in total. The van der Waals surface area contributed by atoms with E-state index < -0.39 is 8.03 Å². The SMILES string of the molecule is Nc1ncnc2c1ncn2-c1ccc([C@H]2CC[C@H](C[PH](=O)O)CC2)cc1. The number of nitrogen functional groups attached to an aromatic ring is 1. The van der Waals surface area contributed by atoms with E-state index in [9.17, 15) is 4.57 Å². The highest BCUT2D eigenvalue weighted by Gasteiger charge is 2.23. The molecule has 0 saturated heterocycles. The molecule has 0 spiro atoms. The molecule has 2 heterocycles. The van der Waals surface area contributed by atoms with Crippen LogP contribution in [0.1, 0.15) is 37.2 Å². The third-order valence-corrected chi connectivity index (χ3v) is 6.24. The Balaban J connectivity index is 1.50. The second-order valence-electron chi connectivity index (χ2n) is 6.95. The van der Waals surface area contributed by atoms with Crippen LogP contribution in [0.4, 0.5) is 5.82 Å². The average molecular weight is 371 g/mol. The molecule has 3 aromatic rings. The van der Waals surface area contributed by atoms with Crippen LogP contribution in [0.2, 0.25) is 0 Å². The van der Waals surface area contributed by atoms with Crippen molar-refractivity contribution in [3.05, 3.63) is 42.5 Å². The minimum atomic E-state index is -2.34. The summed E-state index contributed by atoms with van der Waals surface area (Å²) in [6.07, 6.45) is 7.87. The molecule has 2 aromatic heterocycles. The third-order valence-electron chi connectivity index (χ3n) is 5.31. The Morgan fingerprint density at radius 1 is 1.12 bits per heavy atom. The van der Waals surface area contributed by atoms with Gasteiger partial charge in [-0.05, 0) is 55.2 Å². The van der Waals surface area contributed by atoms with Gasteiger partial charge in [0.15, 0.2) is 25.0 Å². The van der Waals surface area contributed by atoms with Gasteiger partial charge in [-0.3, -0.25) is 9.13 Å². The Morgan fingerprint density at radius 3 is 2.54 bits per heavy atom. The molecule has 1 fully saturated rings. The van der Waals surface area contributed by atoms with E-state index in [4.69, 9.17) is 10.6 Å². The summed E-state index contributed by atoms with van der Waals surface area (Å²) < 4.78 is 13.0. The van der Waals surface area contributed by atoms with E-state index in [1.54, 1.807) is 6.33 Å². The Kier molecular flexibility index (Phi) is 4.74. The van der Waals surface area contributed by atoms with E-state index in [0.29, 0.717) is 35.0 Å². The van der Waals surface area contributed by atoms with Crippen molar-refractivity contribution in [2.45, 2.75) is 31.6 Å². The standard InChI is InChI=1S/C18H22N5O2P/c19-17-16-18(21-10-20-17)23(11-22-16)15-7-5-14(6-8-15)13-3-1-12(2-4-13)9-26(24)25/h5-8,10-13,26H,1-4,9H2,(H,24,25)(H2,19,20,21)/t12-,13-. The summed E-state index contributed by atoms with van der Waals surface area (Å²) in [5, 5.41) is 0. The van der Waals surface area contributed by atoms with Crippen LogP contribution in [-0.4, -0.2) is 30.6 Å². The fourth-order valence-electron chi connectivity index (χ4n) is 3.90. The van der Waals surface area contributed by atoms with Crippen LogP contribution in [0.15, 0.2) is 36.9 Å². The van der Waals surface area contributed by atoms with Crippen LogP contribution in [-0.2, 0) is 4.57 Å². The molecule has 136 valence electrons. The van der Waals surface area contributed by atoms with Gasteiger partial charge in [0.2, 0.25) is 0 Å². The van der Waals surface area contributed by atoms with Gasteiger partial charge in [0, 0.05) is 11.8 Å². The highest BCUT2D eigenvalue weighted by molar-refractivity contribution is 7.38. The quantitative estimate of drug-likeness (QED) is 0.682. The molecule has 7 nitrogen and oxygen atoms in total. The monoisotopic (exact) mass is 371 g/mol. The van der Waals surface area contributed by atoms with Gasteiger partial charge < -0.3 is 10.6 Å². The lowest BCUT2D eigenvalue weighted by molar-refractivity contribution is 0.344. The zero-order valence-corrected chi connectivity index (χ0v) is 15.4. The number of rotatable bonds is 4. The molecule has 0 radical (unpaired) electrons. The third kappa shape index (κ3) is 3.37. The minimum absolute atomic E-state index is 0.382. The Bertz CT molecular complexity index is 932. The van der Waals surface area contributed by atoms with E-state index in [-0.39, 0.29) is 0 Å². The van der Waals surface area contributed by atoms with Crippen molar-refractivity contribution in [1.29, 1.82) is 0 Å². The second kappa shape index (κ2) is 7.17. The Labute approximate surface area is 152 Å². The van der Waals surface area contributed by atoms with Crippen molar-refractivity contribution >= 4 is 25.0 Å². The number of fused-ring (bicyclic) bond motifs is 1. The van der Waals surface area contributed by atoms with Crippen molar-refractivity contribution in [2.24, 2.45) is 5.92 Å². The van der Waals surface area contributed by atoms with Crippen LogP contribution in [0.5, 0.6) is 0 Å². The number of aromatic nitrogens is 4. The van der Waals surface area contributed by atoms with Crippen molar-refractivity contribution in [3.8, 4) is 5.69 Å². The first-order valence-electron chi connectivity index (χ1n) is 8.87. The number of hydrogen-bond acceptors (Lipinski definition) is 5. The summed E-state index contributed by atoms with van der Waals surface area (Å²) in [6, 6.07) is 8.47. The zero-order valence-electron chi connectivity index (χ0n) is 14.4. The van der Waals surface area contributed by atoms with Crippen LogP contribution in [0.3, 0.4) is 0 Å². The van der Waals surface area contributed by atoms with Crippen LogP contribution in [0.25, 0.3) is 16.9 Å². The molecule has 1 aliphatic carbocycles. The van der Waals surface area contributed by atoms with E-state index in [0.717, 1.165) is 31.4 Å². The fraction of sp³-hybridized carbons (Fsp3) is 0.389. The molecular formula is C18H22N5O2P. The smallest absolute Gasteiger partial charge is 0.189 e. The molecule has 1 unspecified atom stereocenters. The summed E-state index contributed by atoms with van der Waals surface area (Å²) in [5.41, 5.74) is 9.47. The molecule has 1 saturated carbocycles. The summed E-state index contributed by atoms with van der Waals surface area (Å²) in [4.78, 5) is 21.7. The molecule has 1 atom stereocenters. The van der Waals surface area contributed by atoms with Crippen molar-refractivity contribution in [2.75, 3.05) is 11.9 Å². The average Bonchev–Trinajstić information content (AvgIpc) is 3.08. The zero-order chi connectivity index (χ0) is 18.1. The highest BCUT2D eigenvalue weighted by atomic mass is 31.1. The molecule has 0 amide bonds. The molecule has 0 bridgehead atoms. The first-order valence-corrected chi connectivity index (χ1v) is 10.4. The van der Waals surface area contributed by atoms with Crippen LogP contribution >= 0.6 is 8.03 Å². The van der Waals surface area contributed by atoms with Gasteiger partial charge in [0.05, 0.1) is 0 Å². The number of nitrogens with two attached hydrogens (primary N) is 1. The topological polar surface area (TPSA) is 107 Å². The number of nitrogens with zero attached hydrogens (tertiary/aromatic N) is 4. The Morgan fingerprint density at radius 2 is 1.85 bits per heavy atom. The molecule has 0 aliphatic heterocycles. The van der Waals surface area contributed by atoms with Crippen molar-refractivity contribution in [3.63, 3.8) is 0 Å². The lowest BCUT2D eigenvalue weighted by Gasteiger charge is -2.28. The van der Waals surface area contributed by atoms with Gasteiger partial charge in [-0.2, -0.15) is 0 Å². The lowest BCUT2D eigenvalue weighted by atomic mass is 9.79. The van der Waals surface area contributed by atoms with E-state index in [1.807, 2.05) is 4.57 Å². The largest absolute Gasteiger partial charge is 0.382 e. The first-order chi connectivity index (χ1) is 12.6. The normalized spacial score (nSPS) is 21.7. The maximum atomic E-state index is 11.0. The summed E-state index contributed by atoms with van der Waals surface area (Å²) in [5.74, 6) is 1.32. The minimum Gasteiger partial charge on any atom is -0.382 e. The van der Waals surface area contributed by atoms with Crippen LogP contribution in [0, 0.1) is 5.92 Å².